The highest BCUT2D eigenvalue weighted by molar-refractivity contribution is 5.95. The van der Waals surface area contributed by atoms with Crippen LogP contribution in [0.1, 0.15) is 58.1 Å². The average Bonchev–Trinajstić information content (AvgIpc) is 3.45. The lowest BCUT2D eigenvalue weighted by Crippen LogP contribution is -2.36. The van der Waals surface area contributed by atoms with Gasteiger partial charge in [-0.05, 0) is 55.7 Å². The van der Waals surface area contributed by atoms with E-state index < -0.39 is 0 Å². The van der Waals surface area contributed by atoms with Crippen LogP contribution in [-0.4, -0.2) is 49.8 Å². The second-order valence-electron chi connectivity index (χ2n) is 8.56. The maximum atomic E-state index is 13.5. The number of H-pyrrole nitrogens is 1. The summed E-state index contributed by atoms with van der Waals surface area (Å²) in [5, 5.41) is 12.7. The number of carbonyl (C=O) groups excluding carboxylic acids is 2. The predicted octanol–water partition coefficient (Wildman–Crippen LogP) is 3.65. The van der Waals surface area contributed by atoms with E-state index in [1.807, 2.05) is 36.1 Å². The molecule has 0 fully saturated rings. The van der Waals surface area contributed by atoms with Gasteiger partial charge >= 0.3 is 0 Å². The molecule has 174 valence electrons. The first kappa shape index (κ1) is 21.9. The Morgan fingerprint density at radius 2 is 1.88 bits per heavy atom. The first-order chi connectivity index (χ1) is 16.6. The molecule has 0 radical (unpaired) electrons. The summed E-state index contributed by atoms with van der Waals surface area (Å²) in [6, 6.07) is 15.5. The monoisotopic (exact) mass is 456 g/mol. The molecule has 3 heterocycles. The summed E-state index contributed by atoms with van der Waals surface area (Å²) in [4.78, 5) is 30.9. The number of rotatable bonds is 6. The first-order valence-electron chi connectivity index (χ1n) is 11.8. The molecule has 8 nitrogen and oxygen atoms in total. The molecule has 0 aliphatic carbocycles. The number of fused-ring (bicyclic) bond motifs is 3. The predicted molar refractivity (Wildman–Crippen MR) is 130 cm³/mol. The highest BCUT2D eigenvalue weighted by Crippen LogP contribution is 2.28. The van der Waals surface area contributed by atoms with Gasteiger partial charge in [0.2, 0.25) is 0 Å². The average molecular weight is 457 g/mol. The van der Waals surface area contributed by atoms with Gasteiger partial charge in [-0.1, -0.05) is 36.8 Å². The van der Waals surface area contributed by atoms with Crippen LogP contribution in [0.5, 0.6) is 0 Å². The van der Waals surface area contributed by atoms with Crippen molar-refractivity contribution in [1.82, 2.24) is 30.2 Å². The van der Waals surface area contributed by atoms with Crippen LogP contribution >= 0.6 is 0 Å². The number of aromatic nitrogens is 4. The Balaban J connectivity index is 1.42. The zero-order chi connectivity index (χ0) is 23.7. The minimum absolute atomic E-state index is 0.0991. The van der Waals surface area contributed by atoms with Crippen LogP contribution in [0.2, 0.25) is 0 Å². The van der Waals surface area contributed by atoms with Gasteiger partial charge in [-0.15, -0.1) is 5.10 Å². The Morgan fingerprint density at radius 1 is 1.09 bits per heavy atom. The van der Waals surface area contributed by atoms with Gasteiger partial charge in [0.1, 0.15) is 0 Å². The molecule has 8 heteroatoms. The van der Waals surface area contributed by atoms with Crippen molar-refractivity contribution in [1.29, 1.82) is 0 Å². The summed E-state index contributed by atoms with van der Waals surface area (Å²) >= 11 is 0. The van der Waals surface area contributed by atoms with Crippen LogP contribution in [0.25, 0.3) is 16.6 Å². The molecular weight excluding hydrogens is 428 g/mol. The molecule has 2 N–H and O–H groups in total. The lowest BCUT2D eigenvalue weighted by Gasteiger charge is -2.26. The van der Waals surface area contributed by atoms with Crippen LogP contribution < -0.4 is 5.32 Å². The Labute approximate surface area is 198 Å². The fraction of sp³-hybridized carbons (Fsp3) is 0.308. The van der Waals surface area contributed by atoms with Gasteiger partial charge in [-0.25, -0.2) is 4.68 Å². The van der Waals surface area contributed by atoms with Crippen molar-refractivity contribution in [3.05, 3.63) is 76.7 Å². The van der Waals surface area contributed by atoms with Crippen LogP contribution in [0.4, 0.5) is 0 Å². The second-order valence-corrected chi connectivity index (χ2v) is 8.56. The third-order valence-electron chi connectivity index (χ3n) is 6.33. The molecule has 1 aliphatic heterocycles. The molecular formula is C26H28N6O2. The molecule has 0 saturated heterocycles. The van der Waals surface area contributed by atoms with Crippen molar-refractivity contribution >= 4 is 22.7 Å². The van der Waals surface area contributed by atoms with E-state index in [9.17, 15) is 9.59 Å². The van der Waals surface area contributed by atoms with Crippen molar-refractivity contribution in [3.63, 3.8) is 0 Å². The number of nitrogens with one attached hydrogen (secondary N) is 2. The Kier molecular flexibility index (Phi) is 5.88. The standard InChI is InChI=1S/C26H28N6O2/c1-3-7-23-24(29-30-32(23)18-12-10-17(11-13-18)25(33)27-4-2)26(34)31-15-14-20-19-8-5-6-9-21(19)28-22(20)16-31/h5-6,8-13,28H,3-4,7,14-16H2,1-2H3,(H,27,33). The largest absolute Gasteiger partial charge is 0.357 e. The number of nitrogens with zero attached hydrogens (tertiary/aromatic N) is 4. The zero-order valence-corrected chi connectivity index (χ0v) is 19.5. The molecule has 2 amide bonds. The maximum absolute atomic E-state index is 13.5. The van der Waals surface area contributed by atoms with E-state index in [1.165, 1.54) is 10.9 Å². The topological polar surface area (TPSA) is 95.9 Å². The molecule has 0 saturated carbocycles. The molecule has 1 aliphatic rings. The molecule has 5 rings (SSSR count). The fourth-order valence-corrected chi connectivity index (χ4v) is 4.67. The van der Waals surface area contributed by atoms with E-state index in [1.54, 1.807) is 16.8 Å². The van der Waals surface area contributed by atoms with Crippen molar-refractivity contribution in [2.24, 2.45) is 0 Å². The van der Waals surface area contributed by atoms with Gasteiger partial charge in [0.25, 0.3) is 11.8 Å². The molecule has 2 aromatic carbocycles. The molecule has 0 atom stereocenters. The molecule has 0 unspecified atom stereocenters. The quantitative estimate of drug-likeness (QED) is 0.463. The number of hydrogen-bond donors (Lipinski definition) is 2. The fourth-order valence-electron chi connectivity index (χ4n) is 4.67. The van der Waals surface area contributed by atoms with Gasteiger partial charge in [0.05, 0.1) is 17.9 Å². The molecule has 2 aromatic heterocycles. The summed E-state index contributed by atoms with van der Waals surface area (Å²) in [5.41, 5.74) is 6.04. The zero-order valence-electron chi connectivity index (χ0n) is 19.5. The van der Waals surface area contributed by atoms with E-state index in [-0.39, 0.29) is 11.8 Å². The number of aromatic amines is 1. The number of carbonyl (C=O) groups is 2. The van der Waals surface area contributed by atoms with E-state index in [0.29, 0.717) is 37.3 Å². The van der Waals surface area contributed by atoms with Gasteiger partial charge < -0.3 is 15.2 Å². The van der Waals surface area contributed by atoms with Gasteiger partial charge in [-0.2, -0.15) is 0 Å². The van der Waals surface area contributed by atoms with Crippen LogP contribution in [0.15, 0.2) is 48.5 Å². The highest BCUT2D eigenvalue weighted by atomic mass is 16.2. The second kappa shape index (κ2) is 9.13. The summed E-state index contributed by atoms with van der Waals surface area (Å²) in [6.07, 6.45) is 2.35. The van der Waals surface area contributed by atoms with Crippen molar-refractivity contribution < 1.29 is 9.59 Å². The van der Waals surface area contributed by atoms with Crippen LogP contribution in [0.3, 0.4) is 0 Å². The van der Waals surface area contributed by atoms with Crippen LogP contribution in [0, 0.1) is 0 Å². The Morgan fingerprint density at radius 3 is 2.65 bits per heavy atom. The lowest BCUT2D eigenvalue weighted by molar-refractivity contribution is 0.0725. The molecule has 0 spiro atoms. The number of benzene rings is 2. The molecule has 34 heavy (non-hydrogen) atoms. The maximum Gasteiger partial charge on any atom is 0.276 e. The van der Waals surface area contributed by atoms with E-state index in [2.05, 4.69) is 39.7 Å². The van der Waals surface area contributed by atoms with Crippen LogP contribution in [-0.2, 0) is 19.4 Å². The third kappa shape index (κ3) is 3.85. The van der Waals surface area contributed by atoms with E-state index >= 15 is 0 Å². The highest BCUT2D eigenvalue weighted by Gasteiger charge is 2.29. The van der Waals surface area contributed by atoms with E-state index in [0.717, 1.165) is 35.4 Å². The van der Waals surface area contributed by atoms with Gasteiger partial charge in [-0.3, -0.25) is 9.59 Å². The lowest BCUT2D eigenvalue weighted by atomic mass is 10.0. The summed E-state index contributed by atoms with van der Waals surface area (Å²) in [7, 11) is 0. The van der Waals surface area contributed by atoms with Crippen molar-refractivity contribution in [2.45, 2.75) is 39.7 Å². The van der Waals surface area contributed by atoms with Crippen molar-refractivity contribution in [2.75, 3.05) is 13.1 Å². The van der Waals surface area contributed by atoms with Gasteiger partial charge in [0.15, 0.2) is 5.69 Å². The Bertz CT molecular complexity index is 1350. The third-order valence-corrected chi connectivity index (χ3v) is 6.33. The number of para-hydroxylation sites is 1. The minimum atomic E-state index is -0.112. The summed E-state index contributed by atoms with van der Waals surface area (Å²) in [6.45, 7) is 5.71. The summed E-state index contributed by atoms with van der Waals surface area (Å²) in [5.74, 6) is -0.211. The normalized spacial score (nSPS) is 13.2. The molecule has 4 aromatic rings. The number of amides is 2. The van der Waals surface area contributed by atoms with Gasteiger partial charge in [0, 0.05) is 35.2 Å². The minimum Gasteiger partial charge on any atom is -0.357 e. The van der Waals surface area contributed by atoms with E-state index in [4.69, 9.17) is 0 Å². The smallest absolute Gasteiger partial charge is 0.276 e. The molecule has 0 bridgehead atoms. The number of hydrogen-bond acceptors (Lipinski definition) is 4. The Hall–Kier alpha value is -3.94. The summed E-state index contributed by atoms with van der Waals surface area (Å²) < 4.78 is 1.72. The SMILES string of the molecule is CCCc1c(C(=O)N2CCc3c([nH]c4ccccc34)C2)nnn1-c1ccc(C(=O)NCC)cc1. The van der Waals surface area contributed by atoms with Crippen molar-refractivity contribution in [3.8, 4) is 5.69 Å². The first-order valence-corrected chi connectivity index (χ1v) is 11.8.